The van der Waals surface area contributed by atoms with Gasteiger partial charge in [-0.05, 0) is 82.4 Å². The van der Waals surface area contributed by atoms with E-state index in [0.717, 1.165) is 28.7 Å². The lowest BCUT2D eigenvalue weighted by Crippen LogP contribution is -2.34. The van der Waals surface area contributed by atoms with Crippen LogP contribution in [0.3, 0.4) is 0 Å². The van der Waals surface area contributed by atoms with Gasteiger partial charge in [-0.1, -0.05) is 17.4 Å². The molecule has 0 unspecified atom stereocenters. The summed E-state index contributed by atoms with van der Waals surface area (Å²) in [5.74, 6) is -0.657. The molecule has 0 aliphatic carbocycles. The molecule has 172 valence electrons. The maximum Gasteiger partial charge on any atom is 0.260 e. The molecule has 3 amide bonds. The number of hydrogen-bond acceptors (Lipinski definition) is 6. The van der Waals surface area contributed by atoms with Crippen LogP contribution >= 0.6 is 11.3 Å². The number of anilines is 2. The van der Waals surface area contributed by atoms with E-state index in [-0.39, 0.29) is 30.6 Å². The van der Waals surface area contributed by atoms with E-state index in [1.54, 1.807) is 29.2 Å². The van der Waals surface area contributed by atoms with Crippen LogP contribution < -0.4 is 9.80 Å². The van der Waals surface area contributed by atoms with E-state index in [0.29, 0.717) is 22.9 Å². The molecule has 4 rings (SSSR count). The van der Waals surface area contributed by atoms with Gasteiger partial charge < -0.3 is 4.90 Å². The summed E-state index contributed by atoms with van der Waals surface area (Å²) < 4.78 is 1.04. The van der Waals surface area contributed by atoms with Crippen LogP contribution in [0.5, 0.6) is 0 Å². The Kier molecular flexibility index (Phi) is 6.58. The normalized spacial score (nSPS) is 14.0. The van der Waals surface area contributed by atoms with Crippen molar-refractivity contribution in [2.45, 2.75) is 33.1 Å². The van der Waals surface area contributed by atoms with E-state index in [2.05, 4.69) is 30.9 Å². The Balaban J connectivity index is 1.69. The number of benzene rings is 2. The van der Waals surface area contributed by atoms with Crippen molar-refractivity contribution in [2.75, 3.05) is 37.0 Å². The maximum atomic E-state index is 13.7. The molecule has 0 saturated carbocycles. The summed E-state index contributed by atoms with van der Waals surface area (Å²) in [4.78, 5) is 47.8. The van der Waals surface area contributed by atoms with Crippen LogP contribution in [-0.2, 0) is 9.59 Å². The number of rotatable bonds is 7. The molecule has 2 heterocycles. The molecule has 3 aromatic rings. The third-order valence-corrected chi connectivity index (χ3v) is 6.90. The Morgan fingerprint density at radius 3 is 2.42 bits per heavy atom. The van der Waals surface area contributed by atoms with E-state index < -0.39 is 0 Å². The molecule has 0 bridgehead atoms. The molecular weight excluding hydrogens is 436 g/mol. The fourth-order valence-corrected chi connectivity index (χ4v) is 4.98. The average molecular weight is 465 g/mol. The summed E-state index contributed by atoms with van der Waals surface area (Å²) in [5, 5.41) is 0.650. The lowest BCUT2D eigenvalue weighted by Gasteiger charge is -2.22. The minimum absolute atomic E-state index is 0.192. The number of amides is 3. The molecule has 1 saturated heterocycles. The fourth-order valence-electron chi connectivity index (χ4n) is 3.91. The smallest absolute Gasteiger partial charge is 0.260 e. The first-order valence-corrected chi connectivity index (χ1v) is 11.9. The molecule has 0 atom stereocenters. The van der Waals surface area contributed by atoms with Crippen molar-refractivity contribution in [2.24, 2.45) is 0 Å². The molecule has 1 fully saturated rings. The Morgan fingerprint density at radius 1 is 1.03 bits per heavy atom. The number of carbonyl (C=O) groups excluding carboxylic acids is 3. The monoisotopic (exact) mass is 464 g/mol. The average Bonchev–Trinajstić information content (AvgIpc) is 3.33. The number of carbonyl (C=O) groups is 3. The minimum atomic E-state index is -0.232. The van der Waals surface area contributed by atoms with Gasteiger partial charge in [-0.3, -0.25) is 24.2 Å². The highest BCUT2D eigenvalue weighted by Crippen LogP contribution is 2.32. The molecule has 0 radical (unpaired) electrons. The first-order valence-electron chi connectivity index (χ1n) is 11.0. The van der Waals surface area contributed by atoms with Crippen molar-refractivity contribution < 1.29 is 14.4 Å². The number of imide groups is 1. The van der Waals surface area contributed by atoms with Gasteiger partial charge in [0.2, 0.25) is 11.8 Å². The molecule has 0 N–H and O–H groups in total. The number of fused-ring (bicyclic) bond motifs is 1. The van der Waals surface area contributed by atoms with Gasteiger partial charge in [-0.15, -0.1) is 0 Å². The van der Waals surface area contributed by atoms with Gasteiger partial charge in [0.15, 0.2) is 5.13 Å². The van der Waals surface area contributed by atoms with Gasteiger partial charge in [0.25, 0.3) is 5.91 Å². The highest BCUT2D eigenvalue weighted by Gasteiger charge is 2.31. The van der Waals surface area contributed by atoms with Gasteiger partial charge in [0, 0.05) is 24.9 Å². The highest BCUT2D eigenvalue weighted by molar-refractivity contribution is 7.22. The lowest BCUT2D eigenvalue weighted by molar-refractivity contribution is -0.121. The van der Waals surface area contributed by atoms with Crippen LogP contribution in [-0.4, -0.2) is 54.8 Å². The molecule has 33 heavy (non-hydrogen) atoms. The Bertz CT molecular complexity index is 1180. The Morgan fingerprint density at radius 2 is 1.73 bits per heavy atom. The van der Waals surface area contributed by atoms with E-state index in [9.17, 15) is 14.4 Å². The third kappa shape index (κ3) is 4.82. The predicted molar refractivity (Wildman–Crippen MR) is 132 cm³/mol. The first-order chi connectivity index (χ1) is 15.7. The quantitative estimate of drug-likeness (QED) is 0.491. The largest absolute Gasteiger partial charge is 0.309 e. The lowest BCUT2D eigenvalue weighted by atomic mass is 10.1. The van der Waals surface area contributed by atoms with Gasteiger partial charge in [-0.2, -0.15) is 0 Å². The Hall–Kier alpha value is -3.10. The van der Waals surface area contributed by atoms with Crippen molar-refractivity contribution in [3.05, 3.63) is 53.1 Å². The number of thiazole rings is 1. The van der Waals surface area contributed by atoms with Gasteiger partial charge in [0.05, 0.1) is 15.9 Å². The topological polar surface area (TPSA) is 73.8 Å². The predicted octanol–water partition coefficient (Wildman–Crippen LogP) is 4.17. The molecule has 2 aromatic carbocycles. The van der Waals surface area contributed by atoms with Gasteiger partial charge in [-0.25, -0.2) is 4.98 Å². The van der Waals surface area contributed by atoms with Crippen LogP contribution in [0.4, 0.5) is 10.8 Å². The van der Waals surface area contributed by atoms with Crippen LogP contribution in [0.15, 0.2) is 36.4 Å². The number of nitrogens with zero attached hydrogens (tertiary/aromatic N) is 4. The van der Waals surface area contributed by atoms with Crippen molar-refractivity contribution in [1.82, 2.24) is 9.88 Å². The SMILES string of the molecule is Cc1cc2nc(N(CCCN(C)C)C(=O)c3cccc(N4C(=O)CCC4=O)c3)sc2cc1C. The number of hydrogen-bond donors (Lipinski definition) is 0. The van der Waals surface area contributed by atoms with Gasteiger partial charge in [0.1, 0.15) is 0 Å². The first kappa shape index (κ1) is 23.1. The molecule has 1 aliphatic heterocycles. The zero-order chi connectivity index (χ0) is 23.7. The molecule has 7 nitrogen and oxygen atoms in total. The zero-order valence-electron chi connectivity index (χ0n) is 19.4. The summed E-state index contributed by atoms with van der Waals surface area (Å²) in [6.07, 6.45) is 1.20. The van der Waals surface area contributed by atoms with E-state index >= 15 is 0 Å². The summed E-state index contributed by atoms with van der Waals surface area (Å²) in [7, 11) is 4.01. The highest BCUT2D eigenvalue weighted by atomic mass is 32.1. The summed E-state index contributed by atoms with van der Waals surface area (Å²) in [6.45, 7) is 5.48. The van der Waals surface area contributed by atoms with Crippen molar-refractivity contribution in [3.63, 3.8) is 0 Å². The van der Waals surface area contributed by atoms with Crippen LogP contribution in [0.25, 0.3) is 10.2 Å². The zero-order valence-corrected chi connectivity index (χ0v) is 20.2. The third-order valence-electron chi connectivity index (χ3n) is 5.86. The summed E-state index contributed by atoms with van der Waals surface area (Å²) in [6, 6.07) is 10.9. The van der Waals surface area contributed by atoms with Gasteiger partial charge >= 0.3 is 0 Å². The minimum Gasteiger partial charge on any atom is -0.309 e. The standard InChI is InChI=1S/C25H28N4O3S/c1-16-13-20-21(14-17(16)2)33-25(26-20)28(12-6-11-27(3)4)24(32)18-7-5-8-19(15-18)29-22(30)9-10-23(29)31/h5,7-8,13-15H,6,9-12H2,1-4H3. The van der Waals surface area contributed by atoms with Crippen molar-refractivity contribution >= 4 is 50.1 Å². The second-order valence-corrected chi connectivity index (χ2v) is 9.70. The van der Waals surface area contributed by atoms with Crippen LogP contribution in [0.1, 0.15) is 40.7 Å². The molecule has 8 heteroatoms. The van der Waals surface area contributed by atoms with Crippen molar-refractivity contribution in [3.8, 4) is 0 Å². The van der Waals surface area contributed by atoms with Crippen molar-refractivity contribution in [1.29, 1.82) is 0 Å². The molecule has 1 aromatic heterocycles. The molecule has 0 spiro atoms. The maximum absolute atomic E-state index is 13.7. The number of aryl methyl sites for hydroxylation is 2. The van der Waals surface area contributed by atoms with Crippen LogP contribution in [0, 0.1) is 13.8 Å². The summed E-state index contributed by atoms with van der Waals surface area (Å²) >= 11 is 1.50. The molecular formula is C25H28N4O3S. The van der Waals surface area contributed by atoms with E-state index in [4.69, 9.17) is 4.98 Å². The second kappa shape index (κ2) is 9.41. The number of aromatic nitrogens is 1. The Labute approximate surface area is 197 Å². The fraction of sp³-hybridized carbons (Fsp3) is 0.360. The second-order valence-electron chi connectivity index (χ2n) is 8.69. The van der Waals surface area contributed by atoms with E-state index in [1.807, 2.05) is 14.1 Å². The molecule has 1 aliphatic rings. The van der Waals surface area contributed by atoms with Crippen LogP contribution in [0.2, 0.25) is 0 Å². The summed E-state index contributed by atoms with van der Waals surface area (Å²) in [5.41, 5.74) is 4.10. The van der Waals surface area contributed by atoms with E-state index in [1.165, 1.54) is 21.8 Å².